The topological polar surface area (TPSA) is 45.9 Å². The zero-order chi connectivity index (χ0) is 12.3. The number of rotatable bonds is 3. The lowest BCUT2D eigenvalue weighted by Crippen LogP contribution is -1.91. The zero-order valence-electron chi connectivity index (χ0n) is 9.73. The fourth-order valence-electron chi connectivity index (χ4n) is 1.51. The third-order valence-electron chi connectivity index (χ3n) is 2.29. The highest BCUT2D eigenvalue weighted by molar-refractivity contribution is 7.15. The average molecular weight is 244 g/mol. The third-order valence-corrected chi connectivity index (χ3v) is 3.40. The molecular weight excluding hydrogens is 232 g/mol. The Kier molecular flexibility index (Phi) is 3.40. The lowest BCUT2D eigenvalue weighted by Gasteiger charge is -2.03. The summed E-state index contributed by atoms with van der Waals surface area (Å²) >= 11 is 1.41. The Morgan fingerprint density at radius 2 is 2.29 bits per heavy atom. The number of hydrogen-bond donors (Lipinski definition) is 0. The minimum Gasteiger partial charge on any atom is -0.494 e. The summed E-state index contributed by atoms with van der Waals surface area (Å²) in [6.07, 6.45) is 0. The molecule has 0 spiro atoms. The average Bonchev–Trinajstić information content (AvgIpc) is 2.71. The number of nitrogens with zero attached hydrogens (tertiary/aromatic N) is 2. The van der Waals surface area contributed by atoms with Crippen LogP contribution in [0, 0.1) is 18.3 Å². The standard InChI is InChI=1S/C13H12N2OS/c1-3-16-11-6-4-5-10(7-11)13-15-9(2)12(8-14)17-13/h4-7H,3H2,1-2H3. The minimum absolute atomic E-state index is 0.643. The van der Waals surface area contributed by atoms with Crippen molar-refractivity contribution < 1.29 is 4.74 Å². The summed E-state index contributed by atoms with van der Waals surface area (Å²) in [4.78, 5) is 5.06. The number of ether oxygens (including phenoxy) is 1. The number of hydrogen-bond acceptors (Lipinski definition) is 4. The largest absolute Gasteiger partial charge is 0.494 e. The summed E-state index contributed by atoms with van der Waals surface area (Å²) < 4.78 is 5.44. The van der Waals surface area contributed by atoms with Crippen LogP contribution in [0.4, 0.5) is 0 Å². The molecule has 3 nitrogen and oxygen atoms in total. The summed E-state index contributed by atoms with van der Waals surface area (Å²) in [5, 5.41) is 9.77. The molecule has 0 saturated heterocycles. The van der Waals surface area contributed by atoms with Crippen LogP contribution in [0.15, 0.2) is 24.3 Å². The van der Waals surface area contributed by atoms with Crippen LogP contribution in [0.25, 0.3) is 10.6 Å². The molecule has 1 aromatic heterocycles. The molecule has 0 atom stereocenters. The van der Waals surface area contributed by atoms with Crippen molar-refractivity contribution in [1.29, 1.82) is 5.26 Å². The molecule has 4 heteroatoms. The number of aryl methyl sites for hydroxylation is 1. The lowest BCUT2D eigenvalue weighted by molar-refractivity contribution is 0.340. The van der Waals surface area contributed by atoms with Crippen LogP contribution in [0.3, 0.4) is 0 Å². The molecule has 86 valence electrons. The van der Waals surface area contributed by atoms with E-state index in [9.17, 15) is 0 Å². The Bertz CT molecular complexity index is 569. The molecule has 0 N–H and O–H groups in total. The molecule has 2 aromatic rings. The Labute approximate surface area is 104 Å². The number of thiazole rings is 1. The van der Waals surface area contributed by atoms with Gasteiger partial charge in [-0.15, -0.1) is 11.3 Å². The monoisotopic (exact) mass is 244 g/mol. The second-order valence-electron chi connectivity index (χ2n) is 3.51. The fraction of sp³-hybridized carbons (Fsp3) is 0.231. The summed E-state index contributed by atoms with van der Waals surface area (Å²) in [6, 6.07) is 9.92. The molecule has 0 unspecified atom stereocenters. The maximum atomic E-state index is 8.91. The van der Waals surface area contributed by atoms with E-state index in [1.54, 1.807) is 0 Å². The molecule has 0 bridgehead atoms. The van der Waals surface area contributed by atoms with Crippen molar-refractivity contribution in [1.82, 2.24) is 4.98 Å². The van der Waals surface area contributed by atoms with Crippen molar-refractivity contribution in [2.45, 2.75) is 13.8 Å². The molecule has 0 fully saturated rings. The SMILES string of the molecule is CCOc1cccc(-c2nc(C)c(C#N)s2)c1. The van der Waals surface area contributed by atoms with E-state index in [1.165, 1.54) is 11.3 Å². The predicted octanol–water partition coefficient (Wildman–Crippen LogP) is 3.39. The van der Waals surface area contributed by atoms with E-state index in [4.69, 9.17) is 10.00 Å². The van der Waals surface area contributed by atoms with Gasteiger partial charge in [-0.3, -0.25) is 0 Å². The maximum Gasteiger partial charge on any atom is 0.128 e. The molecule has 0 aliphatic heterocycles. The first-order valence-electron chi connectivity index (χ1n) is 5.35. The quantitative estimate of drug-likeness (QED) is 0.831. The van der Waals surface area contributed by atoms with Crippen molar-refractivity contribution in [3.05, 3.63) is 34.8 Å². The second kappa shape index (κ2) is 4.98. The van der Waals surface area contributed by atoms with Crippen molar-refractivity contribution >= 4 is 11.3 Å². The minimum atomic E-state index is 0.643. The Morgan fingerprint density at radius 3 is 2.94 bits per heavy atom. The van der Waals surface area contributed by atoms with E-state index in [1.807, 2.05) is 38.1 Å². The van der Waals surface area contributed by atoms with Gasteiger partial charge in [0.15, 0.2) is 0 Å². The predicted molar refractivity (Wildman–Crippen MR) is 68.2 cm³/mol. The normalized spacial score (nSPS) is 9.94. The fourth-order valence-corrected chi connectivity index (χ4v) is 2.37. The number of nitriles is 1. The first-order valence-corrected chi connectivity index (χ1v) is 6.17. The van der Waals surface area contributed by atoms with Crippen molar-refractivity contribution in [3.8, 4) is 22.4 Å². The van der Waals surface area contributed by atoms with Crippen LogP contribution in [-0.2, 0) is 0 Å². The molecular formula is C13H12N2OS. The van der Waals surface area contributed by atoms with Crippen LogP contribution in [0.2, 0.25) is 0 Å². The molecule has 0 saturated carbocycles. The molecule has 0 aliphatic carbocycles. The molecule has 1 heterocycles. The summed E-state index contributed by atoms with van der Waals surface area (Å²) in [7, 11) is 0. The van der Waals surface area contributed by atoms with Gasteiger partial charge in [0, 0.05) is 5.56 Å². The van der Waals surface area contributed by atoms with Crippen LogP contribution < -0.4 is 4.74 Å². The molecule has 0 amide bonds. The van der Waals surface area contributed by atoms with Gasteiger partial charge in [0.1, 0.15) is 21.7 Å². The first-order chi connectivity index (χ1) is 8.24. The zero-order valence-corrected chi connectivity index (χ0v) is 10.5. The maximum absolute atomic E-state index is 8.91. The van der Waals surface area contributed by atoms with Crippen LogP contribution in [-0.4, -0.2) is 11.6 Å². The van der Waals surface area contributed by atoms with E-state index in [2.05, 4.69) is 11.1 Å². The van der Waals surface area contributed by atoms with E-state index >= 15 is 0 Å². The van der Waals surface area contributed by atoms with Crippen LogP contribution in [0.5, 0.6) is 5.75 Å². The highest BCUT2D eigenvalue weighted by Gasteiger charge is 2.09. The van der Waals surface area contributed by atoms with Crippen LogP contribution in [0.1, 0.15) is 17.5 Å². The second-order valence-corrected chi connectivity index (χ2v) is 4.51. The summed E-state index contributed by atoms with van der Waals surface area (Å²) in [6.45, 7) is 4.45. The van der Waals surface area contributed by atoms with E-state index < -0.39 is 0 Å². The van der Waals surface area contributed by atoms with Gasteiger partial charge in [-0.2, -0.15) is 5.26 Å². The lowest BCUT2D eigenvalue weighted by atomic mass is 10.2. The van der Waals surface area contributed by atoms with Crippen molar-refractivity contribution in [2.24, 2.45) is 0 Å². The van der Waals surface area contributed by atoms with E-state index in [-0.39, 0.29) is 0 Å². The number of benzene rings is 1. The van der Waals surface area contributed by atoms with Crippen molar-refractivity contribution in [2.75, 3.05) is 6.61 Å². The Morgan fingerprint density at radius 1 is 1.47 bits per heavy atom. The Balaban J connectivity index is 2.39. The Hall–Kier alpha value is -1.86. The van der Waals surface area contributed by atoms with Gasteiger partial charge in [0.25, 0.3) is 0 Å². The highest BCUT2D eigenvalue weighted by atomic mass is 32.1. The van der Waals surface area contributed by atoms with Crippen molar-refractivity contribution in [3.63, 3.8) is 0 Å². The van der Waals surface area contributed by atoms with Gasteiger partial charge in [-0.25, -0.2) is 4.98 Å². The van der Waals surface area contributed by atoms with Gasteiger partial charge in [0.05, 0.1) is 12.3 Å². The highest BCUT2D eigenvalue weighted by Crippen LogP contribution is 2.29. The van der Waals surface area contributed by atoms with E-state index in [0.29, 0.717) is 11.5 Å². The first kappa shape index (κ1) is 11.6. The van der Waals surface area contributed by atoms with Gasteiger partial charge in [-0.05, 0) is 26.0 Å². The van der Waals surface area contributed by atoms with Gasteiger partial charge in [0.2, 0.25) is 0 Å². The van der Waals surface area contributed by atoms with E-state index in [0.717, 1.165) is 22.0 Å². The molecule has 0 aliphatic rings. The molecule has 17 heavy (non-hydrogen) atoms. The van der Waals surface area contributed by atoms with Gasteiger partial charge in [-0.1, -0.05) is 12.1 Å². The summed E-state index contributed by atoms with van der Waals surface area (Å²) in [5.41, 5.74) is 1.78. The van der Waals surface area contributed by atoms with Gasteiger partial charge >= 0.3 is 0 Å². The smallest absolute Gasteiger partial charge is 0.128 e. The third kappa shape index (κ3) is 2.45. The number of aromatic nitrogens is 1. The van der Waals surface area contributed by atoms with Crippen LogP contribution >= 0.6 is 11.3 Å². The molecule has 2 rings (SSSR count). The summed E-state index contributed by atoms with van der Waals surface area (Å²) in [5.74, 6) is 0.830. The molecule has 1 aromatic carbocycles. The van der Waals surface area contributed by atoms with Gasteiger partial charge < -0.3 is 4.74 Å². The molecule has 0 radical (unpaired) electrons.